The third kappa shape index (κ3) is 5.69. The lowest BCUT2D eigenvalue weighted by molar-refractivity contribution is 0.0817. The zero-order valence-corrected chi connectivity index (χ0v) is 18.0. The lowest BCUT2D eigenvalue weighted by atomic mass is 10.00. The Balaban J connectivity index is 1.33. The molecule has 0 saturated heterocycles. The number of benzene rings is 3. The molecule has 1 heterocycles. The molecule has 1 aliphatic rings. The first-order valence-electron chi connectivity index (χ1n) is 10.9. The number of nitrogens with zero attached hydrogens (tertiary/aromatic N) is 1. The van der Waals surface area contributed by atoms with Crippen LogP contribution < -0.4 is 0 Å². The maximum atomic E-state index is 13.2. The van der Waals surface area contributed by atoms with Crippen LogP contribution in [0.1, 0.15) is 42.6 Å². The van der Waals surface area contributed by atoms with E-state index in [4.69, 9.17) is 4.74 Å². The van der Waals surface area contributed by atoms with E-state index in [0.29, 0.717) is 6.61 Å². The summed E-state index contributed by atoms with van der Waals surface area (Å²) in [6.45, 7) is 4.68. The fourth-order valence-electron chi connectivity index (χ4n) is 4.07. The molecule has 0 aliphatic carbocycles. The number of hydrogen-bond donors (Lipinski definition) is 0. The number of rotatable bonds is 8. The maximum absolute atomic E-state index is 13.2. The van der Waals surface area contributed by atoms with Crippen LogP contribution in [-0.2, 0) is 4.74 Å². The highest BCUT2D eigenvalue weighted by molar-refractivity contribution is 5.31. The van der Waals surface area contributed by atoms with Gasteiger partial charge in [0.2, 0.25) is 0 Å². The molecule has 1 aliphatic heterocycles. The molecular weight excluding hydrogens is 385 g/mol. The Hall–Kier alpha value is -2.75. The van der Waals surface area contributed by atoms with Crippen LogP contribution in [0.3, 0.4) is 0 Å². The second kappa shape index (κ2) is 10.5. The summed E-state index contributed by atoms with van der Waals surface area (Å²) in [5.74, 6) is -0.193. The summed E-state index contributed by atoms with van der Waals surface area (Å²) in [7, 11) is 0. The molecule has 0 aromatic heterocycles. The first kappa shape index (κ1) is 21.5. The van der Waals surface area contributed by atoms with Crippen molar-refractivity contribution in [3.63, 3.8) is 0 Å². The normalized spacial score (nSPS) is 14.8. The van der Waals surface area contributed by atoms with Gasteiger partial charge in [-0.15, -0.1) is 0 Å². The Bertz CT molecular complexity index is 929. The van der Waals surface area contributed by atoms with E-state index in [9.17, 15) is 4.39 Å². The van der Waals surface area contributed by atoms with Gasteiger partial charge in [0.25, 0.3) is 0 Å². The fraction of sp³-hybridized carbons (Fsp3) is 0.250. The van der Waals surface area contributed by atoms with Crippen molar-refractivity contribution >= 4 is 0 Å². The van der Waals surface area contributed by atoms with Gasteiger partial charge < -0.3 is 4.74 Å². The Labute approximate surface area is 185 Å². The molecule has 3 aromatic rings. The molecule has 31 heavy (non-hydrogen) atoms. The summed E-state index contributed by atoms with van der Waals surface area (Å²) < 4.78 is 19.6. The molecule has 0 N–H and O–H groups in total. The Morgan fingerprint density at radius 2 is 1.52 bits per heavy atom. The van der Waals surface area contributed by atoms with Crippen molar-refractivity contribution in [3.8, 4) is 0 Å². The van der Waals surface area contributed by atoms with Gasteiger partial charge in [-0.3, -0.25) is 4.90 Å². The van der Waals surface area contributed by atoms with Gasteiger partial charge >= 0.3 is 0 Å². The summed E-state index contributed by atoms with van der Waals surface area (Å²) in [4.78, 5) is 2.36. The largest absolute Gasteiger partial charge is 0.368 e. The molecule has 0 spiro atoms. The van der Waals surface area contributed by atoms with E-state index in [1.54, 1.807) is 0 Å². The number of ether oxygens (including phenoxy) is 1. The van der Waals surface area contributed by atoms with Crippen molar-refractivity contribution in [1.29, 1.82) is 0 Å². The van der Waals surface area contributed by atoms with Gasteiger partial charge in [-0.25, -0.2) is 4.39 Å². The Kier molecular flexibility index (Phi) is 7.29. The van der Waals surface area contributed by atoms with Crippen molar-refractivity contribution in [2.24, 2.45) is 0 Å². The van der Waals surface area contributed by atoms with Gasteiger partial charge in [-0.2, -0.15) is 0 Å². The van der Waals surface area contributed by atoms with Gasteiger partial charge in [0.15, 0.2) is 0 Å². The fourth-order valence-corrected chi connectivity index (χ4v) is 4.07. The average molecular weight is 415 g/mol. The molecule has 0 unspecified atom stereocenters. The zero-order valence-electron chi connectivity index (χ0n) is 18.0. The minimum absolute atomic E-state index is 0.0443. The van der Waals surface area contributed by atoms with Gasteiger partial charge in [0.05, 0.1) is 12.6 Å². The topological polar surface area (TPSA) is 12.5 Å². The molecule has 0 fully saturated rings. The molecule has 159 valence electrons. The summed E-state index contributed by atoms with van der Waals surface area (Å²) in [6.07, 6.45) is 4.25. The highest BCUT2D eigenvalue weighted by Crippen LogP contribution is 2.28. The molecule has 0 saturated carbocycles. The monoisotopic (exact) mass is 414 g/mol. The van der Waals surface area contributed by atoms with E-state index in [0.717, 1.165) is 31.5 Å². The van der Waals surface area contributed by atoms with Crippen LogP contribution in [0, 0.1) is 11.9 Å². The number of hydrogen-bond acceptors (Lipinski definition) is 2. The van der Waals surface area contributed by atoms with Crippen LogP contribution in [0.2, 0.25) is 0 Å². The van der Waals surface area contributed by atoms with Crippen LogP contribution >= 0.6 is 0 Å². The highest BCUT2D eigenvalue weighted by atomic mass is 19.1. The van der Waals surface area contributed by atoms with Gasteiger partial charge in [0.1, 0.15) is 11.9 Å². The second-order valence-electron chi connectivity index (χ2n) is 7.97. The van der Waals surface area contributed by atoms with Crippen molar-refractivity contribution in [1.82, 2.24) is 4.90 Å². The smallest absolute Gasteiger partial charge is 0.123 e. The maximum Gasteiger partial charge on any atom is 0.123 e. The quantitative estimate of drug-likeness (QED) is 0.387. The first-order chi connectivity index (χ1) is 15.2. The third-order valence-electron chi connectivity index (χ3n) is 5.95. The van der Waals surface area contributed by atoms with Crippen molar-refractivity contribution in [3.05, 3.63) is 125 Å². The Morgan fingerprint density at radius 3 is 2.06 bits per heavy atom. The average Bonchev–Trinajstić information content (AvgIpc) is 2.83. The minimum atomic E-state index is -0.193. The summed E-state index contributed by atoms with van der Waals surface area (Å²) in [5.41, 5.74) is 4.89. The van der Waals surface area contributed by atoms with Crippen LogP contribution in [0.4, 0.5) is 4.39 Å². The van der Waals surface area contributed by atoms with E-state index in [1.165, 1.54) is 34.9 Å². The first-order valence-corrected chi connectivity index (χ1v) is 10.9. The lowest BCUT2D eigenvalue weighted by Gasteiger charge is -2.31. The second-order valence-corrected chi connectivity index (χ2v) is 7.97. The third-order valence-corrected chi connectivity index (χ3v) is 5.95. The lowest BCUT2D eigenvalue weighted by Crippen LogP contribution is -2.32. The zero-order chi connectivity index (χ0) is 21.5. The van der Waals surface area contributed by atoms with Crippen LogP contribution in [0.15, 0.2) is 96.6 Å². The molecule has 2 nitrogen and oxygen atoms in total. The summed E-state index contributed by atoms with van der Waals surface area (Å²) in [5, 5.41) is 0. The number of halogens is 1. The molecule has 3 heteroatoms. The van der Waals surface area contributed by atoms with Crippen molar-refractivity contribution < 1.29 is 9.13 Å². The van der Waals surface area contributed by atoms with Gasteiger partial charge in [-0.05, 0) is 48.6 Å². The van der Waals surface area contributed by atoms with E-state index in [2.05, 4.69) is 66.4 Å². The van der Waals surface area contributed by atoms with Gasteiger partial charge in [0, 0.05) is 13.1 Å². The summed E-state index contributed by atoms with van der Waals surface area (Å²) in [6, 6.07) is 28.8. The predicted octanol–water partition coefficient (Wildman–Crippen LogP) is 6.55. The van der Waals surface area contributed by atoms with E-state index in [1.807, 2.05) is 24.3 Å². The standard InChI is InChI=1S/C28H29FNO/c1-22(24-12-14-27(29)15-13-24)30-19-16-23(17-20-30)18-21-31-28(25-8-4-2-5-9-25)26-10-6-3-7-11-26/h2-16,28H,17-21H2,1H3. The van der Waals surface area contributed by atoms with E-state index < -0.39 is 0 Å². The summed E-state index contributed by atoms with van der Waals surface area (Å²) >= 11 is 0. The minimum Gasteiger partial charge on any atom is -0.368 e. The van der Waals surface area contributed by atoms with Crippen LogP contribution in [0.5, 0.6) is 0 Å². The highest BCUT2D eigenvalue weighted by Gasteiger charge is 2.20. The molecule has 0 atom stereocenters. The van der Waals surface area contributed by atoms with Crippen molar-refractivity contribution in [2.75, 3.05) is 19.7 Å². The van der Waals surface area contributed by atoms with Gasteiger partial charge in [-0.1, -0.05) is 84.4 Å². The van der Waals surface area contributed by atoms with Crippen LogP contribution in [0.25, 0.3) is 0 Å². The molecule has 3 aromatic carbocycles. The molecule has 0 amide bonds. The molecule has 4 rings (SSSR count). The SMILES string of the molecule is C[C](c1ccc(F)cc1)N1CC=C(CCOC(c2ccccc2)c2ccccc2)CC1. The van der Waals surface area contributed by atoms with E-state index in [-0.39, 0.29) is 11.9 Å². The molecule has 0 bridgehead atoms. The van der Waals surface area contributed by atoms with Crippen LogP contribution in [-0.4, -0.2) is 24.6 Å². The van der Waals surface area contributed by atoms with E-state index >= 15 is 0 Å². The molecular formula is C28H29FNO. The van der Waals surface area contributed by atoms with Crippen molar-refractivity contribution in [2.45, 2.75) is 25.9 Å². The predicted molar refractivity (Wildman–Crippen MR) is 124 cm³/mol. The molecule has 1 radical (unpaired) electrons. The Morgan fingerprint density at radius 1 is 0.903 bits per heavy atom.